The molecule has 0 aromatic heterocycles. The summed E-state index contributed by atoms with van der Waals surface area (Å²) in [6.45, 7) is 1.34. The second kappa shape index (κ2) is 3.82. The highest BCUT2D eigenvalue weighted by Gasteiger charge is 2.18. The lowest BCUT2D eigenvalue weighted by Gasteiger charge is -2.06. The lowest BCUT2D eigenvalue weighted by atomic mass is 10.1. The summed E-state index contributed by atoms with van der Waals surface area (Å²) in [6.07, 6.45) is 1.08. The normalized spacial score (nSPS) is 11.4. The maximum atomic E-state index is 11.4. The lowest BCUT2D eigenvalue weighted by molar-refractivity contribution is 0.101. The molecule has 0 amide bonds. The number of ketones is 1. The van der Waals surface area contributed by atoms with Gasteiger partial charge in [-0.15, -0.1) is 0 Å². The van der Waals surface area contributed by atoms with E-state index in [1.807, 2.05) is 0 Å². The molecule has 0 radical (unpaired) electrons. The molecule has 0 N–H and O–H groups in total. The Kier molecular flexibility index (Phi) is 3.11. The molecular formula is C9H9BrO3S. The van der Waals surface area contributed by atoms with Crippen molar-refractivity contribution in [3.05, 3.63) is 28.2 Å². The highest BCUT2D eigenvalue weighted by molar-refractivity contribution is 9.10. The zero-order chi connectivity index (χ0) is 10.9. The molecule has 0 unspecified atom stereocenters. The van der Waals surface area contributed by atoms with Crippen LogP contribution in [0.2, 0.25) is 0 Å². The lowest BCUT2D eigenvalue weighted by Crippen LogP contribution is -2.06. The van der Waals surface area contributed by atoms with Crippen molar-refractivity contribution in [1.29, 1.82) is 0 Å². The minimum atomic E-state index is -3.38. The van der Waals surface area contributed by atoms with Gasteiger partial charge in [-0.2, -0.15) is 0 Å². The Balaban J connectivity index is 3.62. The molecule has 0 spiro atoms. The summed E-state index contributed by atoms with van der Waals surface area (Å²) in [6, 6.07) is 4.74. The summed E-state index contributed by atoms with van der Waals surface area (Å²) in [5, 5.41) is 0. The molecule has 0 atom stereocenters. The van der Waals surface area contributed by atoms with Gasteiger partial charge in [-0.05, 0) is 28.9 Å². The van der Waals surface area contributed by atoms with Crippen LogP contribution >= 0.6 is 15.9 Å². The van der Waals surface area contributed by atoms with Crippen LogP contribution in [0, 0.1) is 0 Å². The second-order valence-electron chi connectivity index (χ2n) is 2.94. The zero-order valence-corrected chi connectivity index (χ0v) is 10.1. The van der Waals surface area contributed by atoms with E-state index < -0.39 is 9.84 Å². The average molecular weight is 277 g/mol. The number of benzene rings is 1. The molecule has 0 fully saturated rings. The van der Waals surface area contributed by atoms with Crippen molar-refractivity contribution >= 4 is 31.6 Å². The van der Waals surface area contributed by atoms with Crippen LogP contribution in [0.4, 0.5) is 0 Å². The molecule has 0 heterocycles. The van der Waals surface area contributed by atoms with E-state index in [2.05, 4.69) is 15.9 Å². The van der Waals surface area contributed by atoms with Crippen LogP contribution in [0.25, 0.3) is 0 Å². The monoisotopic (exact) mass is 276 g/mol. The third-order valence-corrected chi connectivity index (χ3v) is 3.82. The Morgan fingerprint density at radius 2 is 1.93 bits per heavy atom. The smallest absolute Gasteiger partial charge is 0.177 e. The fourth-order valence-electron chi connectivity index (χ4n) is 1.16. The summed E-state index contributed by atoms with van der Waals surface area (Å²) >= 11 is 3.12. The van der Waals surface area contributed by atoms with E-state index >= 15 is 0 Å². The molecule has 76 valence electrons. The molecular weight excluding hydrogens is 268 g/mol. The largest absolute Gasteiger partial charge is 0.294 e. The molecule has 1 rings (SSSR count). The van der Waals surface area contributed by atoms with E-state index in [-0.39, 0.29) is 16.2 Å². The molecule has 0 aliphatic rings. The fraction of sp³-hybridized carbons (Fsp3) is 0.222. The van der Waals surface area contributed by atoms with Gasteiger partial charge in [0.25, 0.3) is 0 Å². The van der Waals surface area contributed by atoms with Crippen molar-refractivity contribution < 1.29 is 13.2 Å². The van der Waals surface area contributed by atoms with Crippen LogP contribution in [0.1, 0.15) is 17.3 Å². The second-order valence-corrected chi connectivity index (χ2v) is 5.75. The van der Waals surface area contributed by atoms with Gasteiger partial charge in [0, 0.05) is 16.3 Å². The van der Waals surface area contributed by atoms with Crippen LogP contribution in [-0.4, -0.2) is 20.5 Å². The van der Waals surface area contributed by atoms with E-state index in [9.17, 15) is 13.2 Å². The van der Waals surface area contributed by atoms with Gasteiger partial charge in [-0.25, -0.2) is 8.42 Å². The Hall–Kier alpha value is -0.680. The number of Topliss-reactive ketones (excluding diaryl/α,β-unsaturated/α-hetero) is 1. The van der Waals surface area contributed by atoms with Crippen molar-refractivity contribution in [1.82, 2.24) is 0 Å². The summed E-state index contributed by atoms with van der Waals surface area (Å²) in [7, 11) is -3.38. The molecule has 1 aromatic carbocycles. The Morgan fingerprint density at radius 3 is 2.29 bits per heavy atom. The van der Waals surface area contributed by atoms with Crippen LogP contribution in [0.15, 0.2) is 27.6 Å². The molecule has 3 nitrogen and oxygen atoms in total. The number of carbonyl (C=O) groups excluding carboxylic acids is 1. The van der Waals surface area contributed by atoms with Crippen LogP contribution in [0.3, 0.4) is 0 Å². The molecule has 0 aliphatic carbocycles. The SMILES string of the molecule is CC(=O)c1cccc(Br)c1S(C)(=O)=O. The summed E-state index contributed by atoms with van der Waals surface area (Å²) in [5.74, 6) is -0.258. The van der Waals surface area contributed by atoms with Crippen molar-refractivity contribution in [2.45, 2.75) is 11.8 Å². The Labute approximate surface area is 91.2 Å². The molecule has 5 heteroatoms. The van der Waals surface area contributed by atoms with E-state index in [4.69, 9.17) is 0 Å². The maximum Gasteiger partial charge on any atom is 0.177 e. The third-order valence-electron chi connectivity index (χ3n) is 1.72. The summed E-state index contributed by atoms with van der Waals surface area (Å²) < 4.78 is 23.2. The first-order valence-electron chi connectivity index (χ1n) is 3.83. The molecule has 14 heavy (non-hydrogen) atoms. The van der Waals surface area contributed by atoms with Gasteiger partial charge < -0.3 is 0 Å². The highest BCUT2D eigenvalue weighted by Crippen LogP contribution is 2.25. The topological polar surface area (TPSA) is 51.2 Å². The fourth-order valence-corrected chi connectivity index (χ4v) is 3.44. The Morgan fingerprint density at radius 1 is 1.36 bits per heavy atom. The first-order chi connectivity index (χ1) is 6.34. The molecule has 0 aliphatic heterocycles. The van der Waals surface area contributed by atoms with Gasteiger partial charge in [0.05, 0.1) is 4.90 Å². The van der Waals surface area contributed by atoms with Gasteiger partial charge in [-0.1, -0.05) is 12.1 Å². The number of halogens is 1. The number of rotatable bonds is 2. The van der Waals surface area contributed by atoms with Crippen molar-refractivity contribution in [3.8, 4) is 0 Å². The van der Waals surface area contributed by atoms with Crippen LogP contribution in [0.5, 0.6) is 0 Å². The van der Waals surface area contributed by atoms with Gasteiger partial charge in [0.15, 0.2) is 15.6 Å². The summed E-state index contributed by atoms with van der Waals surface area (Å²) in [5.41, 5.74) is 0.224. The van der Waals surface area contributed by atoms with E-state index in [1.165, 1.54) is 13.0 Å². The minimum Gasteiger partial charge on any atom is -0.294 e. The first-order valence-corrected chi connectivity index (χ1v) is 6.52. The number of sulfone groups is 1. The number of carbonyl (C=O) groups is 1. The van der Waals surface area contributed by atoms with E-state index in [0.29, 0.717) is 4.47 Å². The van der Waals surface area contributed by atoms with E-state index in [0.717, 1.165) is 6.26 Å². The van der Waals surface area contributed by atoms with Gasteiger partial charge in [0.2, 0.25) is 0 Å². The zero-order valence-electron chi connectivity index (χ0n) is 7.74. The van der Waals surface area contributed by atoms with Crippen molar-refractivity contribution in [2.75, 3.05) is 6.26 Å². The molecule has 1 aromatic rings. The maximum absolute atomic E-state index is 11.4. The molecule has 0 saturated heterocycles. The van der Waals surface area contributed by atoms with Crippen molar-refractivity contribution in [2.24, 2.45) is 0 Å². The predicted molar refractivity (Wildman–Crippen MR) is 57.3 cm³/mol. The van der Waals surface area contributed by atoms with E-state index in [1.54, 1.807) is 12.1 Å². The number of hydrogen-bond acceptors (Lipinski definition) is 3. The number of hydrogen-bond donors (Lipinski definition) is 0. The van der Waals surface area contributed by atoms with Gasteiger partial charge >= 0.3 is 0 Å². The standard InChI is InChI=1S/C9H9BrO3S/c1-6(11)7-4-3-5-8(10)9(7)14(2,12)13/h3-5H,1-2H3. The average Bonchev–Trinajstić information content (AvgIpc) is 2.01. The summed E-state index contributed by atoms with van der Waals surface area (Å²) in [4.78, 5) is 11.2. The van der Waals surface area contributed by atoms with Gasteiger partial charge in [0.1, 0.15) is 0 Å². The van der Waals surface area contributed by atoms with Crippen LogP contribution in [-0.2, 0) is 9.84 Å². The molecule has 0 saturated carbocycles. The first kappa shape index (κ1) is 11.4. The Bertz CT molecular complexity index is 477. The van der Waals surface area contributed by atoms with Crippen LogP contribution < -0.4 is 0 Å². The van der Waals surface area contributed by atoms with Gasteiger partial charge in [-0.3, -0.25) is 4.79 Å². The molecule has 0 bridgehead atoms. The quantitative estimate of drug-likeness (QED) is 0.777. The minimum absolute atomic E-state index is 0.0625. The third kappa shape index (κ3) is 2.22. The van der Waals surface area contributed by atoms with Crippen molar-refractivity contribution in [3.63, 3.8) is 0 Å². The predicted octanol–water partition coefficient (Wildman–Crippen LogP) is 2.06. The highest BCUT2D eigenvalue weighted by atomic mass is 79.9.